The highest BCUT2D eigenvalue weighted by molar-refractivity contribution is 7.89. The SMILES string of the molecule is Cc1c(Cl)cccc1S(=O)(=O)NCc1ccc2c(c1)N(C(=O)c1ccccc1)[C@H](C)C2. The third kappa shape index (κ3) is 4.24. The minimum atomic E-state index is -3.72. The molecule has 4 rings (SSSR count). The average Bonchev–Trinajstić information content (AvgIpc) is 3.09. The van der Waals surface area contributed by atoms with E-state index in [2.05, 4.69) is 4.72 Å². The summed E-state index contributed by atoms with van der Waals surface area (Å²) in [6.45, 7) is 3.81. The molecule has 0 saturated carbocycles. The Hall–Kier alpha value is -2.67. The number of rotatable bonds is 5. The van der Waals surface area contributed by atoms with Crippen molar-refractivity contribution in [2.75, 3.05) is 4.90 Å². The summed E-state index contributed by atoms with van der Waals surface area (Å²) in [5.74, 6) is -0.0564. The number of hydrogen-bond acceptors (Lipinski definition) is 3. The molecule has 31 heavy (non-hydrogen) atoms. The van der Waals surface area contributed by atoms with Gasteiger partial charge in [-0.15, -0.1) is 0 Å². The fourth-order valence-electron chi connectivity index (χ4n) is 3.93. The van der Waals surface area contributed by atoms with Gasteiger partial charge in [0.1, 0.15) is 0 Å². The zero-order valence-corrected chi connectivity index (χ0v) is 18.9. The van der Waals surface area contributed by atoms with Crippen LogP contribution in [0.5, 0.6) is 0 Å². The van der Waals surface area contributed by atoms with Crippen molar-refractivity contribution in [3.05, 3.63) is 94.0 Å². The van der Waals surface area contributed by atoms with Crippen molar-refractivity contribution < 1.29 is 13.2 Å². The van der Waals surface area contributed by atoms with Crippen LogP contribution in [-0.4, -0.2) is 20.4 Å². The second kappa shape index (κ2) is 8.46. The maximum Gasteiger partial charge on any atom is 0.258 e. The molecule has 0 fully saturated rings. The van der Waals surface area contributed by atoms with Crippen LogP contribution in [0.3, 0.4) is 0 Å². The van der Waals surface area contributed by atoms with Gasteiger partial charge in [0.25, 0.3) is 5.91 Å². The number of carbonyl (C=O) groups excluding carboxylic acids is 1. The molecular formula is C24H23ClN2O3S. The Morgan fingerprint density at radius 1 is 1.10 bits per heavy atom. The first-order chi connectivity index (χ1) is 14.8. The van der Waals surface area contributed by atoms with Gasteiger partial charge in [-0.2, -0.15) is 0 Å². The molecule has 0 unspecified atom stereocenters. The predicted octanol–water partition coefficient (Wildman–Crippen LogP) is 4.72. The lowest BCUT2D eigenvalue weighted by atomic mass is 10.1. The van der Waals surface area contributed by atoms with E-state index in [4.69, 9.17) is 11.6 Å². The lowest BCUT2D eigenvalue weighted by molar-refractivity contribution is 0.0981. The zero-order chi connectivity index (χ0) is 22.2. The van der Waals surface area contributed by atoms with E-state index in [1.165, 1.54) is 6.07 Å². The lowest BCUT2D eigenvalue weighted by Crippen LogP contribution is -2.35. The van der Waals surface area contributed by atoms with Gasteiger partial charge in [0.15, 0.2) is 0 Å². The Morgan fingerprint density at radius 3 is 2.58 bits per heavy atom. The average molecular weight is 455 g/mol. The molecule has 0 spiro atoms. The summed E-state index contributed by atoms with van der Waals surface area (Å²) in [5.41, 5.74) is 3.83. The van der Waals surface area contributed by atoms with E-state index in [0.29, 0.717) is 16.1 Å². The largest absolute Gasteiger partial charge is 0.305 e. The molecule has 0 saturated heterocycles. The standard InChI is InChI=1S/C24H23ClN2O3S/c1-16-13-20-12-11-18(14-22(20)27(16)24(28)19-7-4-3-5-8-19)15-26-31(29,30)23-10-6-9-21(25)17(23)2/h3-12,14,16,26H,13,15H2,1-2H3/t16-/m1/s1. The fraction of sp³-hybridized carbons (Fsp3) is 0.208. The van der Waals surface area contributed by atoms with Crippen LogP contribution in [0, 0.1) is 6.92 Å². The molecule has 1 aliphatic heterocycles. The van der Waals surface area contributed by atoms with Crippen LogP contribution in [0.15, 0.2) is 71.6 Å². The molecule has 1 N–H and O–H groups in total. The molecule has 0 aliphatic carbocycles. The van der Waals surface area contributed by atoms with Crippen LogP contribution in [0.4, 0.5) is 5.69 Å². The number of amides is 1. The van der Waals surface area contributed by atoms with Gasteiger partial charge in [-0.25, -0.2) is 13.1 Å². The van der Waals surface area contributed by atoms with Crippen molar-refractivity contribution in [1.82, 2.24) is 4.72 Å². The van der Waals surface area contributed by atoms with Crippen LogP contribution in [0.2, 0.25) is 5.02 Å². The number of benzene rings is 3. The monoisotopic (exact) mass is 454 g/mol. The van der Waals surface area contributed by atoms with Crippen molar-refractivity contribution in [2.24, 2.45) is 0 Å². The van der Waals surface area contributed by atoms with E-state index < -0.39 is 10.0 Å². The summed E-state index contributed by atoms with van der Waals surface area (Å²) in [5, 5.41) is 0.407. The first-order valence-electron chi connectivity index (χ1n) is 10.0. The number of carbonyl (C=O) groups is 1. The molecule has 7 heteroatoms. The maximum absolute atomic E-state index is 13.1. The van der Waals surface area contributed by atoms with Gasteiger partial charge >= 0.3 is 0 Å². The summed E-state index contributed by atoms with van der Waals surface area (Å²) in [7, 11) is -3.72. The first-order valence-corrected chi connectivity index (χ1v) is 11.9. The number of sulfonamides is 1. The number of nitrogens with one attached hydrogen (secondary N) is 1. The van der Waals surface area contributed by atoms with E-state index in [9.17, 15) is 13.2 Å². The van der Waals surface area contributed by atoms with Crippen molar-refractivity contribution in [3.63, 3.8) is 0 Å². The summed E-state index contributed by atoms with van der Waals surface area (Å²) in [6.07, 6.45) is 0.765. The van der Waals surface area contributed by atoms with E-state index in [-0.39, 0.29) is 23.4 Å². The van der Waals surface area contributed by atoms with Gasteiger partial charge in [-0.3, -0.25) is 4.79 Å². The minimum Gasteiger partial charge on any atom is -0.305 e. The van der Waals surface area contributed by atoms with Gasteiger partial charge in [0, 0.05) is 28.9 Å². The second-order valence-corrected chi connectivity index (χ2v) is 9.89. The Morgan fingerprint density at radius 2 is 1.84 bits per heavy atom. The minimum absolute atomic E-state index is 0.0313. The van der Waals surface area contributed by atoms with Gasteiger partial charge in [0.2, 0.25) is 10.0 Å². The third-order valence-corrected chi connectivity index (χ3v) is 7.53. The summed E-state index contributed by atoms with van der Waals surface area (Å²) < 4.78 is 28.2. The van der Waals surface area contributed by atoms with Crippen LogP contribution in [-0.2, 0) is 23.0 Å². The van der Waals surface area contributed by atoms with Crippen molar-refractivity contribution in [2.45, 2.75) is 37.8 Å². The quantitative estimate of drug-likeness (QED) is 0.606. The van der Waals surface area contributed by atoms with Gasteiger partial charge in [-0.05, 0) is 67.3 Å². The molecule has 160 valence electrons. The first kappa shape index (κ1) is 21.6. The van der Waals surface area contributed by atoms with Crippen LogP contribution in [0.1, 0.15) is 34.0 Å². The second-order valence-electron chi connectivity index (χ2n) is 7.74. The Bertz CT molecular complexity index is 1240. The third-order valence-electron chi connectivity index (χ3n) is 5.58. The van der Waals surface area contributed by atoms with E-state index in [1.807, 2.05) is 43.3 Å². The maximum atomic E-state index is 13.1. The molecule has 0 radical (unpaired) electrons. The predicted molar refractivity (Wildman–Crippen MR) is 123 cm³/mol. The number of anilines is 1. The summed E-state index contributed by atoms with van der Waals surface area (Å²) >= 11 is 6.08. The van der Waals surface area contributed by atoms with E-state index >= 15 is 0 Å². The molecule has 1 amide bonds. The molecule has 1 heterocycles. The lowest BCUT2D eigenvalue weighted by Gasteiger charge is -2.23. The van der Waals surface area contributed by atoms with Crippen molar-refractivity contribution >= 4 is 33.2 Å². The number of fused-ring (bicyclic) bond motifs is 1. The number of nitrogens with zero attached hydrogens (tertiary/aromatic N) is 1. The highest BCUT2D eigenvalue weighted by Crippen LogP contribution is 2.34. The van der Waals surface area contributed by atoms with Crippen LogP contribution in [0.25, 0.3) is 0 Å². The molecule has 3 aromatic carbocycles. The Labute approximate surface area is 187 Å². The van der Waals surface area contributed by atoms with Crippen molar-refractivity contribution in [3.8, 4) is 0 Å². The fourth-order valence-corrected chi connectivity index (χ4v) is 5.44. The van der Waals surface area contributed by atoms with Gasteiger partial charge in [-0.1, -0.05) is 48.0 Å². The number of hydrogen-bond donors (Lipinski definition) is 1. The highest BCUT2D eigenvalue weighted by atomic mass is 35.5. The van der Waals surface area contributed by atoms with E-state index in [0.717, 1.165) is 23.2 Å². The van der Waals surface area contributed by atoms with E-state index in [1.54, 1.807) is 36.1 Å². The van der Waals surface area contributed by atoms with Crippen LogP contribution < -0.4 is 9.62 Å². The summed E-state index contributed by atoms with van der Waals surface area (Å²) in [4.78, 5) is 15.1. The van der Waals surface area contributed by atoms with Crippen LogP contribution >= 0.6 is 11.6 Å². The zero-order valence-electron chi connectivity index (χ0n) is 17.3. The number of halogens is 1. The van der Waals surface area contributed by atoms with Gasteiger partial charge < -0.3 is 4.90 Å². The smallest absolute Gasteiger partial charge is 0.258 e. The molecule has 1 aliphatic rings. The molecular weight excluding hydrogens is 432 g/mol. The molecule has 1 atom stereocenters. The highest BCUT2D eigenvalue weighted by Gasteiger charge is 2.31. The summed E-state index contributed by atoms with van der Waals surface area (Å²) in [6, 6.07) is 19.8. The normalized spacial score (nSPS) is 15.7. The van der Waals surface area contributed by atoms with Crippen molar-refractivity contribution in [1.29, 1.82) is 0 Å². The molecule has 3 aromatic rings. The molecule has 0 bridgehead atoms. The Kier molecular flexibility index (Phi) is 5.88. The molecule has 5 nitrogen and oxygen atoms in total. The molecule has 0 aromatic heterocycles. The topological polar surface area (TPSA) is 66.5 Å². The Balaban J connectivity index is 1.58. The van der Waals surface area contributed by atoms with Gasteiger partial charge in [0.05, 0.1) is 4.90 Å².